The van der Waals surface area contributed by atoms with Crippen molar-refractivity contribution in [3.63, 3.8) is 0 Å². The van der Waals surface area contributed by atoms with Crippen LogP contribution >= 0.6 is 11.3 Å². The largest absolute Gasteiger partial charge is 0.309 e. The van der Waals surface area contributed by atoms with Gasteiger partial charge in [0.25, 0.3) is 0 Å². The lowest BCUT2D eigenvalue weighted by Crippen LogP contribution is -2.01. The molecule has 0 aliphatic heterocycles. The van der Waals surface area contributed by atoms with Crippen LogP contribution in [0, 0.1) is 0 Å². The molecule has 12 aromatic rings. The average molecular weight is 809 g/mol. The first-order chi connectivity index (χ1) is 30.7. The molecule has 0 aliphatic carbocycles. The molecular formula is C57H36N4S. The van der Waals surface area contributed by atoms with E-state index in [-0.39, 0.29) is 0 Å². The molecule has 0 bridgehead atoms. The molecule has 0 atom stereocenters. The van der Waals surface area contributed by atoms with Crippen molar-refractivity contribution >= 4 is 53.3 Å². The molecule has 0 N–H and O–H groups in total. The van der Waals surface area contributed by atoms with Crippen molar-refractivity contribution in [1.82, 2.24) is 19.5 Å². The van der Waals surface area contributed by atoms with Gasteiger partial charge in [0, 0.05) is 53.3 Å². The molecule has 0 aliphatic rings. The van der Waals surface area contributed by atoms with Crippen LogP contribution in [0.1, 0.15) is 0 Å². The number of aromatic nitrogens is 4. The molecule has 62 heavy (non-hydrogen) atoms. The highest BCUT2D eigenvalue weighted by Crippen LogP contribution is 2.47. The van der Waals surface area contributed by atoms with Gasteiger partial charge in [-0.15, -0.1) is 11.3 Å². The van der Waals surface area contributed by atoms with E-state index < -0.39 is 0 Å². The number of benzene rings is 9. The van der Waals surface area contributed by atoms with Crippen LogP contribution in [0.4, 0.5) is 0 Å². The molecule has 12 rings (SSSR count). The number of thiophene rings is 1. The Bertz CT molecular complexity index is 3500. The van der Waals surface area contributed by atoms with E-state index in [0.29, 0.717) is 17.5 Å². The Morgan fingerprint density at radius 2 is 0.806 bits per heavy atom. The van der Waals surface area contributed by atoms with E-state index in [1.165, 1.54) is 53.2 Å². The number of rotatable bonds is 7. The third-order valence-electron chi connectivity index (χ3n) is 11.8. The zero-order valence-electron chi connectivity index (χ0n) is 33.5. The van der Waals surface area contributed by atoms with Gasteiger partial charge >= 0.3 is 0 Å². The monoisotopic (exact) mass is 808 g/mol. The van der Waals surface area contributed by atoms with Crippen molar-refractivity contribution in [2.75, 3.05) is 0 Å². The molecule has 3 aromatic heterocycles. The predicted molar refractivity (Wildman–Crippen MR) is 260 cm³/mol. The highest BCUT2D eigenvalue weighted by atomic mass is 32.1. The maximum absolute atomic E-state index is 5.23. The summed E-state index contributed by atoms with van der Waals surface area (Å²) >= 11 is 1.86. The minimum Gasteiger partial charge on any atom is -0.309 e. The smallest absolute Gasteiger partial charge is 0.164 e. The van der Waals surface area contributed by atoms with Crippen LogP contribution in [0.3, 0.4) is 0 Å². The lowest BCUT2D eigenvalue weighted by molar-refractivity contribution is 1.07. The molecule has 0 unspecified atom stereocenters. The van der Waals surface area contributed by atoms with Crippen molar-refractivity contribution < 1.29 is 0 Å². The minimum absolute atomic E-state index is 0.615. The molecule has 9 aromatic carbocycles. The van der Waals surface area contributed by atoms with E-state index in [1.54, 1.807) is 0 Å². The number of nitrogens with zero attached hydrogens (tertiary/aromatic N) is 4. The normalized spacial score (nSPS) is 11.5. The standard InChI is InChI=1S/C57H36N4S/c1-5-18-37(19-6-1)41-35-49(38-20-7-2-8-21-38)53-48-29-17-28-45(54(48)62-52(53)36-41)42-32-43(34-44(33-42)61-50-30-15-13-26-46(50)47-27-14-16-31-51(47)61)57-59-55(39-22-9-3-10-23-39)58-56(60-57)40-24-11-4-12-25-40/h1-36H. The molecule has 0 saturated heterocycles. The van der Waals surface area contributed by atoms with Crippen LogP contribution in [-0.4, -0.2) is 19.5 Å². The molecule has 0 fully saturated rings. The first-order valence-corrected chi connectivity index (χ1v) is 21.7. The maximum atomic E-state index is 5.23. The van der Waals surface area contributed by atoms with Crippen LogP contribution in [0.15, 0.2) is 218 Å². The Morgan fingerprint density at radius 3 is 1.40 bits per heavy atom. The fourth-order valence-corrected chi connectivity index (χ4v) is 10.3. The van der Waals surface area contributed by atoms with Crippen molar-refractivity contribution in [2.24, 2.45) is 0 Å². The molecule has 290 valence electrons. The Balaban J connectivity index is 1.15. The third-order valence-corrected chi connectivity index (χ3v) is 13.0. The minimum atomic E-state index is 0.615. The molecule has 4 nitrogen and oxygen atoms in total. The van der Waals surface area contributed by atoms with Gasteiger partial charge in [-0.2, -0.15) is 0 Å². The van der Waals surface area contributed by atoms with Gasteiger partial charge in [-0.25, -0.2) is 15.0 Å². The van der Waals surface area contributed by atoms with Gasteiger partial charge in [0.05, 0.1) is 11.0 Å². The van der Waals surface area contributed by atoms with Gasteiger partial charge in [0.1, 0.15) is 0 Å². The van der Waals surface area contributed by atoms with Crippen molar-refractivity contribution in [1.29, 1.82) is 0 Å². The highest BCUT2D eigenvalue weighted by molar-refractivity contribution is 7.26. The van der Waals surface area contributed by atoms with E-state index in [2.05, 4.69) is 187 Å². The summed E-state index contributed by atoms with van der Waals surface area (Å²) in [6, 6.07) is 77.6. The highest BCUT2D eigenvalue weighted by Gasteiger charge is 2.20. The fourth-order valence-electron chi connectivity index (χ4n) is 8.96. The van der Waals surface area contributed by atoms with E-state index in [9.17, 15) is 0 Å². The first kappa shape index (κ1) is 35.9. The number of fused-ring (bicyclic) bond motifs is 6. The Labute approximate surface area is 362 Å². The van der Waals surface area contributed by atoms with Crippen LogP contribution in [0.25, 0.3) is 115 Å². The molecule has 0 saturated carbocycles. The lowest BCUT2D eigenvalue weighted by atomic mass is 9.93. The molecule has 3 heterocycles. The summed E-state index contributed by atoms with van der Waals surface area (Å²) < 4.78 is 4.88. The van der Waals surface area contributed by atoms with Crippen molar-refractivity contribution in [3.8, 4) is 73.2 Å². The number of hydrogen-bond acceptors (Lipinski definition) is 4. The van der Waals surface area contributed by atoms with Crippen LogP contribution in [0.2, 0.25) is 0 Å². The molecule has 0 radical (unpaired) electrons. The Kier molecular flexibility index (Phi) is 8.65. The fraction of sp³-hybridized carbons (Fsp3) is 0. The summed E-state index contributed by atoms with van der Waals surface area (Å²) in [5.41, 5.74) is 13.2. The third kappa shape index (κ3) is 6.18. The van der Waals surface area contributed by atoms with E-state index >= 15 is 0 Å². The van der Waals surface area contributed by atoms with E-state index in [4.69, 9.17) is 15.0 Å². The summed E-state index contributed by atoms with van der Waals surface area (Å²) in [4.78, 5) is 15.5. The molecular weight excluding hydrogens is 773 g/mol. The summed E-state index contributed by atoms with van der Waals surface area (Å²) in [5.74, 6) is 1.88. The zero-order chi connectivity index (χ0) is 41.0. The summed E-state index contributed by atoms with van der Waals surface area (Å²) in [6.45, 7) is 0. The van der Waals surface area contributed by atoms with Gasteiger partial charge in [-0.05, 0) is 75.8 Å². The first-order valence-electron chi connectivity index (χ1n) is 20.8. The molecule has 0 amide bonds. The summed E-state index contributed by atoms with van der Waals surface area (Å²) in [5, 5.41) is 4.93. The summed E-state index contributed by atoms with van der Waals surface area (Å²) in [7, 11) is 0. The predicted octanol–water partition coefficient (Wildman–Crippen LogP) is 15.3. The quantitative estimate of drug-likeness (QED) is 0.161. The van der Waals surface area contributed by atoms with Crippen LogP contribution in [0.5, 0.6) is 0 Å². The molecule has 5 heteroatoms. The average Bonchev–Trinajstić information content (AvgIpc) is 3.91. The van der Waals surface area contributed by atoms with Gasteiger partial charge in [-0.3, -0.25) is 0 Å². The van der Waals surface area contributed by atoms with Crippen LogP contribution < -0.4 is 0 Å². The van der Waals surface area contributed by atoms with Crippen LogP contribution in [-0.2, 0) is 0 Å². The SMILES string of the molecule is c1ccc(-c2cc(-c3ccccc3)c3c(c2)sc2c(-c4cc(-c5nc(-c6ccccc6)nc(-c6ccccc6)n5)cc(-n5c6ccccc6c6ccccc65)c4)cccc23)cc1. The van der Waals surface area contributed by atoms with E-state index in [1.807, 2.05) is 47.7 Å². The van der Waals surface area contributed by atoms with Gasteiger partial charge in [-0.1, -0.05) is 176 Å². The van der Waals surface area contributed by atoms with Gasteiger partial charge in [0.15, 0.2) is 17.5 Å². The second-order valence-corrected chi connectivity index (χ2v) is 16.6. The second kappa shape index (κ2) is 14.9. The lowest BCUT2D eigenvalue weighted by Gasteiger charge is -2.15. The second-order valence-electron chi connectivity index (χ2n) is 15.6. The topological polar surface area (TPSA) is 43.6 Å². The maximum Gasteiger partial charge on any atom is 0.164 e. The van der Waals surface area contributed by atoms with Gasteiger partial charge in [0.2, 0.25) is 0 Å². The number of hydrogen-bond donors (Lipinski definition) is 0. The molecule has 0 spiro atoms. The summed E-state index contributed by atoms with van der Waals surface area (Å²) in [6.07, 6.45) is 0. The Hall–Kier alpha value is -7.99. The Morgan fingerprint density at radius 1 is 0.323 bits per heavy atom. The number of para-hydroxylation sites is 2. The van der Waals surface area contributed by atoms with Crippen molar-refractivity contribution in [2.45, 2.75) is 0 Å². The zero-order valence-corrected chi connectivity index (χ0v) is 34.3. The van der Waals surface area contributed by atoms with Crippen molar-refractivity contribution in [3.05, 3.63) is 218 Å². The van der Waals surface area contributed by atoms with E-state index in [0.717, 1.165) is 44.5 Å². The van der Waals surface area contributed by atoms with Gasteiger partial charge < -0.3 is 4.57 Å².